The fraction of sp³-hybridized carbons (Fsp3) is 0.167. The maximum Gasteiger partial charge on any atom is 0.177 e. The van der Waals surface area contributed by atoms with Crippen molar-refractivity contribution in [3.8, 4) is 12.8 Å². The van der Waals surface area contributed by atoms with Gasteiger partial charge in [-0.25, -0.2) is 0 Å². The van der Waals surface area contributed by atoms with E-state index in [-0.39, 0.29) is 11.6 Å². The molecule has 2 rings (SSSR count). The molecule has 0 fully saturated rings. The summed E-state index contributed by atoms with van der Waals surface area (Å²) < 4.78 is 0. The third-order valence-corrected chi connectivity index (χ3v) is 3.70. The Bertz CT molecular complexity index is 441. The monoisotopic (exact) mass is 250 g/mol. The minimum atomic E-state index is 0.0436. The molecule has 0 saturated carbocycles. The van der Waals surface area contributed by atoms with Crippen molar-refractivity contribution in [1.82, 2.24) is 0 Å². The molecule has 0 N–H and O–H groups in total. The molecule has 2 nitrogen and oxygen atoms in total. The van der Waals surface area contributed by atoms with Crippen molar-refractivity contribution in [1.29, 1.82) is 0 Å². The topological polar surface area (TPSA) is 34.1 Å². The van der Waals surface area contributed by atoms with Crippen molar-refractivity contribution in [3.63, 3.8) is 0 Å². The average molecular weight is 250 g/mol. The summed E-state index contributed by atoms with van der Waals surface area (Å²) in [6.45, 7) is 0. The normalized spacial score (nSPS) is 17.1. The van der Waals surface area contributed by atoms with Gasteiger partial charge in [-0.2, -0.15) is 0 Å². The highest BCUT2D eigenvalue weighted by molar-refractivity contribution is 8.02. The largest absolute Gasteiger partial charge is 0.293 e. The van der Waals surface area contributed by atoms with Crippen LogP contribution in [0.1, 0.15) is 26.5 Å². The number of carbonyl (C=O) groups is 2. The molecule has 2 heterocycles. The van der Waals surface area contributed by atoms with Crippen LogP contribution in [0.25, 0.3) is 0 Å². The number of allylic oxidation sites excluding steroid dienone is 1. The zero-order chi connectivity index (χ0) is 12.0. The van der Waals surface area contributed by atoms with Gasteiger partial charge in [-0.15, -0.1) is 35.9 Å². The van der Waals surface area contributed by atoms with E-state index in [2.05, 4.69) is 12.8 Å². The zero-order valence-electron chi connectivity index (χ0n) is 8.51. The molecule has 1 aliphatic heterocycles. The van der Waals surface area contributed by atoms with E-state index in [1.54, 1.807) is 11.4 Å². The number of Topliss-reactive ketones (excluding diaryl/α,β-unsaturated/α-hetero) is 2. The summed E-state index contributed by atoms with van der Waals surface area (Å²) in [5.74, 6) is 0.515. The third kappa shape index (κ3) is 2.84. The highest BCUT2D eigenvalue weighted by atomic mass is 32.2. The van der Waals surface area contributed by atoms with Crippen LogP contribution in [0, 0.1) is 12.8 Å². The number of fused-ring (bicyclic) bond motifs is 1. The number of hydrogen-bond acceptors (Lipinski definition) is 4. The van der Waals surface area contributed by atoms with E-state index in [0.29, 0.717) is 22.6 Å². The van der Waals surface area contributed by atoms with Crippen LogP contribution < -0.4 is 0 Å². The first-order valence-corrected chi connectivity index (χ1v) is 6.45. The van der Waals surface area contributed by atoms with Crippen LogP contribution in [-0.2, 0) is 0 Å². The van der Waals surface area contributed by atoms with Crippen molar-refractivity contribution >= 4 is 34.7 Å². The Morgan fingerprint density at radius 1 is 1.19 bits per heavy atom. The summed E-state index contributed by atoms with van der Waals surface area (Å²) in [5, 5.41) is 3.63. The number of ketones is 2. The van der Waals surface area contributed by atoms with Crippen molar-refractivity contribution in [2.24, 2.45) is 0 Å². The Hall–Kier alpha value is -1.31. The maximum absolute atomic E-state index is 11.6. The van der Waals surface area contributed by atoms with Crippen LogP contribution in [0.15, 0.2) is 22.9 Å². The molecule has 0 atom stereocenters. The van der Waals surface area contributed by atoms with Gasteiger partial charge in [0.1, 0.15) is 0 Å². The minimum absolute atomic E-state index is 0.0436. The predicted molar refractivity (Wildman–Crippen MR) is 69.1 cm³/mol. The van der Waals surface area contributed by atoms with Gasteiger partial charge in [-0.3, -0.25) is 9.59 Å². The van der Waals surface area contributed by atoms with Crippen LogP contribution in [0.2, 0.25) is 0 Å². The lowest BCUT2D eigenvalue weighted by Gasteiger charge is -1.97. The molecule has 82 valence electrons. The van der Waals surface area contributed by atoms with Gasteiger partial charge in [0, 0.05) is 12.0 Å². The van der Waals surface area contributed by atoms with Crippen LogP contribution in [0.3, 0.4) is 0 Å². The lowest BCUT2D eigenvalue weighted by atomic mass is 10.1. The summed E-state index contributed by atoms with van der Waals surface area (Å²) in [6.07, 6.45) is 10.2. The zero-order valence-corrected chi connectivity index (χ0v) is 10.1. The Balaban J connectivity index is 0.000000606. The fourth-order valence-corrected chi connectivity index (χ4v) is 2.76. The van der Waals surface area contributed by atoms with Gasteiger partial charge >= 0.3 is 0 Å². The number of thioether (sulfide) groups is 1. The standard InChI is InChI=1S/C10H8O2S2.C2H2/c11-8-2-1-4-13-6-9(12)7-3-5-14-10(7)8;1-2/h1,3-5H,2,6H2;1-2H/b4-1-;. The minimum Gasteiger partial charge on any atom is -0.293 e. The van der Waals surface area contributed by atoms with Gasteiger partial charge in [0.15, 0.2) is 11.6 Å². The predicted octanol–water partition coefficient (Wildman–Crippen LogP) is 3.01. The Labute approximate surface area is 103 Å². The van der Waals surface area contributed by atoms with Crippen molar-refractivity contribution in [2.75, 3.05) is 5.75 Å². The lowest BCUT2D eigenvalue weighted by Crippen LogP contribution is -2.05. The molecule has 0 unspecified atom stereocenters. The van der Waals surface area contributed by atoms with E-state index in [1.165, 1.54) is 23.1 Å². The fourth-order valence-electron chi connectivity index (χ4n) is 1.26. The highest BCUT2D eigenvalue weighted by Gasteiger charge is 2.18. The molecule has 16 heavy (non-hydrogen) atoms. The molecule has 0 aromatic carbocycles. The van der Waals surface area contributed by atoms with Crippen molar-refractivity contribution < 1.29 is 9.59 Å². The van der Waals surface area contributed by atoms with Gasteiger partial charge in [0.25, 0.3) is 0 Å². The van der Waals surface area contributed by atoms with Crippen LogP contribution in [-0.4, -0.2) is 17.3 Å². The quantitative estimate of drug-likeness (QED) is 0.664. The summed E-state index contributed by atoms with van der Waals surface area (Å²) >= 11 is 2.80. The number of thiophene rings is 1. The molecule has 4 heteroatoms. The Kier molecular flexibility index (Phi) is 5.03. The molecule has 1 aromatic rings. The molecule has 0 amide bonds. The van der Waals surface area contributed by atoms with Crippen molar-refractivity contribution in [3.05, 3.63) is 33.4 Å². The van der Waals surface area contributed by atoms with Gasteiger partial charge < -0.3 is 0 Å². The van der Waals surface area contributed by atoms with Crippen LogP contribution >= 0.6 is 23.1 Å². The van der Waals surface area contributed by atoms with E-state index in [9.17, 15) is 9.59 Å². The summed E-state index contributed by atoms with van der Waals surface area (Å²) in [6, 6.07) is 1.74. The summed E-state index contributed by atoms with van der Waals surface area (Å²) in [7, 11) is 0. The molecule has 1 aliphatic rings. The number of carbonyl (C=O) groups excluding carboxylic acids is 2. The van der Waals surface area contributed by atoms with Crippen LogP contribution in [0.4, 0.5) is 0 Å². The van der Waals surface area contributed by atoms with E-state index in [1.807, 2.05) is 11.5 Å². The van der Waals surface area contributed by atoms with Gasteiger partial charge in [0.05, 0.1) is 10.6 Å². The number of terminal acetylenes is 1. The molecule has 0 saturated heterocycles. The molecule has 0 aliphatic carbocycles. The highest BCUT2D eigenvalue weighted by Crippen LogP contribution is 2.22. The molecule has 0 bridgehead atoms. The molecular formula is C12H10O2S2. The van der Waals surface area contributed by atoms with E-state index >= 15 is 0 Å². The SMILES string of the molecule is C#C.O=C1CS/C=C\CC(=O)c2sccc21. The first-order chi connectivity index (χ1) is 7.79. The molecular weight excluding hydrogens is 240 g/mol. The molecule has 0 radical (unpaired) electrons. The summed E-state index contributed by atoms with van der Waals surface area (Å²) in [4.78, 5) is 23.8. The van der Waals surface area contributed by atoms with Gasteiger partial charge in [0.2, 0.25) is 0 Å². The maximum atomic E-state index is 11.6. The lowest BCUT2D eigenvalue weighted by molar-refractivity contribution is 0.0977. The Morgan fingerprint density at radius 3 is 2.69 bits per heavy atom. The second kappa shape index (κ2) is 6.31. The van der Waals surface area contributed by atoms with E-state index in [0.717, 1.165) is 0 Å². The van der Waals surface area contributed by atoms with Crippen LogP contribution in [0.5, 0.6) is 0 Å². The van der Waals surface area contributed by atoms with Gasteiger partial charge in [-0.05, 0) is 16.9 Å². The van der Waals surface area contributed by atoms with Gasteiger partial charge in [-0.1, -0.05) is 6.08 Å². The first-order valence-electron chi connectivity index (χ1n) is 4.53. The second-order valence-corrected chi connectivity index (χ2v) is 4.71. The first kappa shape index (κ1) is 12.8. The van der Waals surface area contributed by atoms with Crippen molar-refractivity contribution in [2.45, 2.75) is 6.42 Å². The third-order valence-electron chi connectivity index (χ3n) is 1.93. The molecule has 1 aromatic heterocycles. The van der Waals surface area contributed by atoms with E-state index < -0.39 is 0 Å². The Morgan fingerprint density at radius 2 is 1.94 bits per heavy atom. The second-order valence-electron chi connectivity index (χ2n) is 2.90. The van der Waals surface area contributed by atoms with E-state index in [4.69, 9.17) is 0 Å². The molecule has 0 spiro atoms. The summed E-state index contributed by atoms with van der Waals surface area (Å²) in [5.41, 5.74) is 0.594. The smallest absolute Gasteiger partial charge is 0.177 e. The number of hydrogen-bond donors (Lipinski definition) is 0. The average Bonchev–Trinajstić information content (AvgIpc) is 2.79. The number of rotatable bonds is 0.